The van der Waals surface area contributed by atoms with Gasteiger partial charge in [0.15, 0.2) is 0 Å². The number of aromatic nitrogens is 2. The Morgan fingerprint density at radius 3 is 2.57 bits per heavy atom. The highest BCUT2D eigenvalue weighted by Crippen LogP contribution is 2.16. The van der Waals surface area contributed by atoms with Crippen molar-refractivity contribution in [3.8, 4) is 11.5 Å². The fraction of sp³-hybridized carbons (Fsp3) is 0.190. The van der Waals surface area contributed by atoms with Crippen molar-refractivity contribution >= 4 is 5.91 Å². The Bertz CT molecular complexity index is 986. The zero-order valence-corrected chi connectivity index (χ0v) is 15.5. The molecule has 0 spiro atoms. The molecule has 1 amide bonds. The van der Waals surface area contributed by atoms with E-state index < -0.39 is 0 Å². The number of carbonyl (C=O) groups is 1. The molecule has 1 aromatic heterocycles. The van der Waals surface area contributed by atoms with Crippen LogP contribution in [0.2, 0.25) is 0 Å². The van der Waals surface area contributed by atoms with E-state index in [1.165, 1.54) is 16.8 Å². The van der Waals surface area contributed by atoms with Crippen LogP contribution in [-0.4, -0.2) is 29.4 Å². The van der Waals surface area contributed by atoms with Gasteiger partial charge in [-0.15, -0.1) is 0 Å². The van der Waals surface area contributed by atoms with Crippen LogP contribution >= 0.6 is 0 Å². The van der Waals surface area contributed by atoms with Crippen molar-refractivity contribution in [2.45, 2.75) is 13.1 Å². The summed E-state index contributed by atoms with van der Waals surface area (Å²) in [5.41, 5.74) is 0.718. The summed E-state index contributed by atoms with van der Waals surface area (Å²) in [6, 6.07) is 19.5. The van der Waals surface area contributed by atoms with Gasteiger partial charge in [0.05, 0.1) is 13.7 Å². The molecule has 0 saturated heterocycles. The molecule has 3 rings (SSSR count). The number of carbonyl (C=O) groups excluding carboxylic acids is 1. The largest absolute Gasteiger partial charge is 0.496 e. The summed E-state index contributed by atoms with van der Waals surface area (Å²) in [5.74, 6) is 1.03. The molecule has 0 saturated carbocycles. The third kappa shape index (κ3) is 4.97. The zero-order valence-electron chi connectivity index (χ0n) is 15.5. The Balaban J connectivity index is 1.61. The minimum Gasteiger partial charge on any atom is -0.496 e. The van der Waals surface area contributed by atoms with E-state index >= 15 is 0 Å². The predicted octanol–water partition coefficient (Wildman–Crippen LogP) is 2.26. The van der Waals surface area contributed by atoms with E-state index in [0.717, 1.165) is 5.56 Å². The zero-order chi connectivity index (χ0) is 19.8. The van der Waals surface area contributed by atoms with Crippen molar-refractivity contribution in [2.24, 2.45) is 0 Å². The van der Waals surface area contributed by atoms with E-state index in [4.69, 9.17) is 9.47 Å². The summed E-state index contributed by atoms with van der Waals surface area (Å²) < 4.78 is 12.1. The Morgan fingerprint density at radius 2 is 1.79 bits per heavy atom. The summed E-state index contributed by atoms with van der Waals surface area (Å²) in [7, 11) is 1.58. The lowest BCUT2D eigenvalue weighted by Gasteiger charge is -2.10. The predicted molar refractivity (Wildman–Crippen MR) is 105 cm³/mol. The SMILES string of the molecule is COc1ccccc1CNC(=O)c1ccc(=O)n(CCOc2ccccc2)n1. The molecule has 1 heterocycles. The maximum atomic E-state index is 12.4. The van der Waals surface area contributed by atoms with Crippen LogP contribution in [0.15, 0.2) is 71.5 Å². The van der Waals surface area contributed by atoms with E-state index in [1.807, 2.05) is 54.6 Å². The van der Waals surface area contributed by atoms with Crippen molar-refractivity contribution < 1.29 is 14.3 Å². The fourth-order valence-electron chi connectivity index (χ4n) is 2.61. The van der Waals surface area contributed by atoms with Gasteiger partial charge in [-0.1, -0.05) is 36.4 Å². The molecule has 7 nitrogen and oxygen atoms in total. The Hall–Kier alpha value is -3.61. The van der Waals surface area contributed by atoms with Gasteiger partial charge in [-0.25, -0.2) is 4.68 Å². The molecular weight excluding hydrogens is 358 g/mol. The van der Waals surface area contributed by atoms with Crippen molar-refractivity contribution in [1.29, 1.82) is 0 Å². The van der Waals surface area contributed by atoms with Crippen LogP contribution in [-0.2, 0) is 13.1 Å². The average molecular weight is 379 g/mol. The fourth-order valence-corrected chi connectivity index (χ4v) is 2.61. The Morgan fingerprint density at radius 1 is 1.04 bits per heavy atom. The third-order valence-electron chi connectivity index (χ3n) is 4.05. The molecule has 28 heavy (non-hydrogen) atoms. The van der Waals surface area contributed by atoms with Gasteiger partial charge < -0.3 is 14.8 Å². The van der Waals surface area contributed by atoms with Crippen LogP contribution in [0.3, 0.4) is 0 Å². The van der Waals surface area contributed by atoms with Gasteiger partial charge in [0, 0.05) is 18.2 Å². The number of methoxy groups -OCH3 is 1. The topological polar surface area (TPSA) is 82.5 Å². The maximum Gasteiger partial charge on any atom is 0.271 e. The minimum atomic E-state index is -0.372. The Labute approximate surface area is 162 Å². The standard InChI is InChI=1S/C21H21N3O4/c1-27-19-10-6-5-7-16(19)15-22-21(26)18-11-12-20(25)24(23-18)13-14-28-17-8-3-2-4-9-17/h2-12H,13-15H2,1H3,(H,22,26). The molecule has 0 radical (unpaired) electrons. The first-order valence-electron chi connectivity index (χ1n) is 8.83. The van der Waals surface area contributed by atoms with Crippen LogP contribution in [0.4, 0.5) is 0 Å². The first kappa shape index (κ1) is 19.2. The van der Waals surface area contributed by atoms with Crippen molar-refractivity contribution in [3.05, 3.63) is 88.3 Å². The van der Waals surface area contributed by atoms with Crippen LogP contribution < -0.4 is 20.3 Å². The summed E-state index contributed by atoms with van der Waals surface area (Å²) in [6.45, 7) is 0.797. The van der Waals surface area contributed by atoms with Gasteiger partial charge >= 0.3 is 0 Å². The molecule has 0 fully saturated rings. The van der Waals surface area contributed by atoms with Gasteiger partial charge in [-0.05, 0) is 24.3 Å². The summed E-state index contributed by atoms with van der Waals surface area (Å²) in [4.78, 5) is 24.4. The van der Waals surface area contributed by atoms with Crippen molar-refractivity contribution in [3.63, 3.8) is 0 Å². The molecule has 2 aromatic carbocycles. The summed E-state index contributed by atoms with van der Waals surface area (Å²) in [5, 5.41) is 6.93. The highest BCUT2D eigenvalue weighted by Gasteiger charge is 2.11. The second-order valence-electron chi connectivity index (χ2n) is 5.94. The molecular formula is C21H21N3O4. The summed E-state index contributed by atoms with van der Waals surface area (Å²) >= 11 is 0. The minimum absolute atomic E-state index is 0.161. The number of nitrogens with one attached hydrogen (secondary N) is 1. The molecule has 0 aliphatic heterocycles. The lowest BCUT2D eigenvalue weighted by molar-refractivity contribution is 0.0942. The lowest BCUT2D eigenvalue weighted by Crippen LogP contribution is -2.30. The number of ether oxygens (including phenoxy) is 2. The van der Waals surface area contributed by atoms with Gasteiger partial charge in [0.1, 0.15) is 23.8 Å². The molecule has 3 aromatic rings. The first-order chi connectivity index (χ1) is 13.7. The van der Waals surface area contributed by atoms with Crippen LogP contribution in [0.1, 0.15) is 16.1 Å². The molecule has 0 aliphatic rings. The normalized spacial score (nSPS) is 10.3. The second-order valence-corrected chi connectivity index (χ2v) is 5.94. The molecule has 0 atom stereocenters. The number of nitrogens with zero attached hydrogens (tertiary/aromatic N) is 2. The number of hydrogen-bond donors (Lipinski definition) is 1. The molecule has 0 bridgehead atoms. The molecule has 7 heteroatoms. The van der Waals surface area contributed by atoms with Gasteiger partial charge in [-0.2, -0.15) is 5.10 Å². The number of hydrogen-bond acceptors (Lipinski definition) is 5. The van der Waals surface area contributed by atoms with Gasteiger partial charge in [0.25, 0.3) is 11.5 Å². The van der Waals surface area contributed by atoms with Crippen LogP contribution in [0.5, 0.6) is 11.5 Å². The van der Waals surface area contributed by atoms with Gasteiger partial charge in [-0.3, -0.25) is 9.59 Å². The number of amides is 1. The van der Waals surface area contributed by atoms with Crippen LogP contribution in [0.25, 0.3) is 0 Å². The molecule has 1 N–H and O–H groups in total. The van der Waals surface area contributed by atoms with Gasteiger partial charge in [0.2, 0.25) is 0 Å². The Kier molecular flexibility index (Phi) is 6.41. The molecule has 0 aliphatic carbocycles. The van der Waals surface area contributed by atoms with E-state index in [0.29, 0.717) is 18.0 Å². The van der Waals surface area contributed by atoms with E-state index in [9.17, 15) is 9.59 Å². The van der Waals surface area contributed by atoms with E-state index in [2.05, 4.69) is 10.4 Å². The van der Waals surface area contributed by atoms with Crippen molar-refractivity contribution in [2.75, 3.05) is 13.7 Å². The second kappa shape index (κ2) is 9.36. The smallest absolute Gasteiger partial charge is 0.271 e. The van der Waals surface area contributed by atoms with E-state index in [1.54, 1.807) is 7.11 Å². The molecule has 0 unspecified atom stereocenters. The maximum absolute atomic E-state index is 12.4. The number of rotatable bonds is 8. The first-order valence-corrected chi connectivity index (χ1v) is 8.83. The van der Waals surface area contributed by atoms with Crippen LogP contribution in [0, 0.1) is 0 Å². The average Bonchev–Trinajstić information content (AvgIpc) is 2.74. The third-order valence-corrected chi connectivity index (χ3v) is 4.05. The number of para-hydroxylation sites is 2. The van der Waals surface area contributed by atoms with Crippen molar-refractivity contribution in [1.82, 2.24) is 15.1 Å². The lowest BCUT2D eigenvalue weighted by atomic mass is 10.2. The summed E-state index contributed by atoms with van der Waals surface area (Å²) in [6.07, 6.45) is 0. The molecule has 144 valence electrons. The van der Waals surface area contributed by atoms with E-state index in [-0.39, 0.29) is 30.3 Å². The monoisotopic (exact) mass is 379 g/mol. The highest BCUT2D eigenvalue weighted by molar-refractivity contribution is 5.91. The quantitative estimate of drug-likeness (QED) is 0.649. The number of benzene rings is 2. The highest BCUT2D eigenvalue weighted by atomic mass is 16.5.